The average Bonchev–Trinajstić information content (AvgIpc) is 2.37. The summed E-state index contributed by atoms with van der Waals surface area (Å²) in [5.41, 5.74) is 1.11. The van der Waals surface area contributed by atoms with E-state index in [0.717, 1.165) is 28.0 Å². The Bertz CT molecular complexity index is 563. The van der Waals surface area contributed by atoms with Crippen molar-refractivity contribution in [2.75, 3.05) is 13.2 Å². The summed E-state index contributed by atoms with van der Waals surface area (Å²) in [6.07, 6.45) is 1.84. The number of fused-ring (bicyclic) bond motifs is 3. The third-order valence-electron chi connectivity index (χ3n) is 3.02. The quantitative estimate of drug-likeness (QED) is 0.752. The van der Waals surface area contributed by atoms with Gasteiger partial charge < -0.3 is 9.47 Å². The van der Waals surface area contributed by atoms with Crippen molar-refractivity contribution in [3.05, 3.63) is 30.1 Å². The zero-order chi connectivity index (χ0) is 11.8. The molecule has 1 aliphatic heterocycles. The molecule has 0 aliphatic carbocycles. The number of nitrogens with zero attached hydrogens (tertiary/aromatic N) is 1. The van der Waals surface area contributed by atoms with E-state index < -0.39 is 0 Å². The van der Waals surface area contributed by atoms with Crippen LogP contribution in [0, 0.1) is 0 Å². The van der Waals surface area contributed by atoms with E-state index in [1.807, 2.05) is 18.3 Å². The highest BCUT2D eigenvalue weighted by Crippen LogP contribution is 2.39. The molecule has 0 radical (unpaired) electrons. The van der Waals surface area contributed by atoms with Crippen LogP contribution in [0.5, 0.6) is 11.5 Å². The molecule has 1 aliphatic rings. The maximum Gasteiger partial charge on any atom is 0.169 e. The van der Waals surface area contributed by atoms with E-state index in [-0.39, 0.29) is 0 Å². The first-order chi connectivity index (χ1) is 8.27. The lowest BCUT2D eigenvalue weighted by atomic mass is 10.0. The SMILES string of the molecule is CC(C)c1nccc2c3c(ccc12)OCCO3. The van der Waals surface area contributed by atoms with Crippen LogP contribution in [0.15, 0.2) is 24.4 Å². The first kappa shape index (κ1) is 10.4. The Balaban J connectivity index is 2.30. The molecule has 1 aromatic carbocycles. The van der Waals surface area contributed by atoms with Crippen LogP contribution in [-0.2, 0) is 0 Å². The van der Waals surface area contributed by atoms with E-state index in [0.29, 0.717) is 19.1 Å². The van der Waals surface area contributed by atoms with E-state index in [9.17, 15) is 0 Å². The fourth-order valence-electron chi connectivity index (χ4n) is 2.25. The van der Waals surface area contributed by atoms with Gasteiger partial charge in [-0.1, -0.05) is 13.8 Å². The van der Waals surface area contributed by atoms with Crippen molar-refractivity contribution in [1.29, 1.82) is 0 Å². The van der Waals surface area contributed by atoms with Crippen LogP contribution in [0.1, 0.15) is 25.5 Å². The van der Waals surface area contributed by atoms with Gasteiger partial charge in [-0.2, -0.15) is 0 Å². The van der Waals surface area contributed by atoms with Crippen LogP contribution >= 0.6 is 0 Å². The lowest BCUT2D eigenvalue weighted by molar-refractivity contribution is 0.174. The molecule has 3 heteroatoms. The van der Waals surface area contributed by atoms with Crippen molar-refractivity contribution in [3.8, 4) is 11.5 Å². The number of benzene rings is 1. The molecule has 0 spiro atoms. The molecule has 0 saturated heterocycles. The molecule has 1 aromatic heterocycles. The van der Waals surface area contributed by atoms with E-state index in [1.165, 1.54) is 0 Å². The summed E-state index contributed by atoms with van der Waals surface area (Å²) in [5, 5.41) is 2.26. The molecule has 2 heterocycles. The van der Waals surface area contributed by atoms with Crippen molar-refractivity contribution in [1.82, 2.24) is 4.98 Å². The number of hydrogen-bond donors (Lipinski definition) is 0. The van der Waals surface area contributed by atoms with Crippen LogP contribution in [0.3, 0.4) is 0 Å². The molecule has 3 nitrogen and oxygen atoms in total. The van der Waals surface area contributed by atoms with Crippen molar-refractivity contribution in [2.45, 2.75) is 19.8 Å². The van der Waals surface area contributed by atoms with Crippen molar-refractivity contribution in [2.24, 2.45) is 0 Å². The van der Waals surface area contributed by atoms with Crippen LogP contribution < -0.4 is 9.47 Å². The first-order valence-corrected chi connectivity index (χ1v) is 5.94. The molecule has 0 fully saturated rings. The molecule has 2 aromatic rings. The van der Waals surface area contributed by atoms with Crippen LogP contribution in [0.2, 0.25) is 0 Å². The summed E-state index contributed by atoms with van der Waals surface area (Å²) in [5.74, 6) is 2.10. The third-order valence-corrected chi connectivity index (χ3v) is 3.02. The Labute approximate surface area is 100 Å². The molecular weight excluding hydrogens is 214 g/mol. The van der Waals surface area contributed by atoms with Gasteiger partial charge in [0.25, 0.3) is 0 Å². The summed E-state index contributed by atoms with van der Waals surface area (Å²) >= 11 is 0. The largest absolute Gasteiger partial charge is 0.486 e. The third kappa shape index (κ3) is 1.62. The Morgan fingerprint density at radius 2 is 1.88 bits per heavy atom. The van der Waals surface area contributed by atoms with E-state index in [4.69, 9.17) is 9.47 Å². The van der Waals surface area contributed by atoms with Gasteiger partial charge in [0.15, 0.2) is 11.5 Å². The molecular formula is C14H15NO2. The maximum absolute atomic E-state index is 5.72. The van der Waals surface area contributed by atoms with Gasteiger partial charge >= 0.3 is 0 Å². The van der Waals surface area contributed by atoms with Gasteiger partial charge in [-0.05, 0) is 24.1 Å². The normalized spacial score (nSPS) is 14.3. The number of hydrogen-bond acceptors (Lipinski definition) is 3. The van der Waals surface area contributed by atoms with Crippen molar-refractivity contribution < 1.29 is 9.47 Å². The van der Waals surface area contributed by atoms with Crippen molar-refractivity contribution >= 4 is 10.8 Å². The number of ether oxygens (including phenoxy) is 2. The van der Waals surface area contributed by atoms with Gasteiger partial charge in [0.1, 0.15) is 13.2 Å². The summed E-state index contributed by atoms with van der Waals surface area (Å²) in [6.45, 7) is 5.54. The Hall–Kier alpha value is -1.77. The van der Waals surface area contributed by atoms with Crippen LogP contribution in [0.4, 0.5) is 0 Å². The van der Waals surface area contributed by atoms with Gasteiger partial charge in [-0.15, -0.1) is 0 Å². The first-order valence-electron chi connectivity index (χ1n) is 5.94. The second-order valence-corrected chi connectivity index (χ2v) is 4.54. The van der Waals surface area contributed by atoms with E-state index in [1.54, 1.807) is 0 Å². The Morgan fingerprint density at radius 1 is 1.06 bits per heavy atom. The second-order valence-electron chi connectivity index (χ2n) is 4.54. The molecule has 88 valence electrons. The zero-order valence-corrected chi connectivity index (χ0v) is 10.1. The molecule has 0 saturated carbocycles. The van der Waals surface area contributed by atoms with Gasteiger partial charge in [-0.25, -0.2) is 0 Å². The molecule has 0 N–H and O–H groups in total. The number of rotatable bonds is 1. The fourth-order valence-corrected chi connectivity index (χ4v) is 2.25. The standard InChI is InChI=1S/C14H15NO2/c1-9(2)13-10-3-4-12-14(17-8-7-16-12)11(10)5-6-15-13/h3-6,9H,7-8H2,1-2H3. The molecule has 3 rings (SSSR count). The minimum absolute atomic E-state index is 0.404. The molecule has 0 atom stereocenters. The Kier molecular flexibility index (Phi) is 2.39. The molecule has 17 heavy (non-hydrogen) atoms. The van der Waals surface area contributed by atoms with Gasteiger partial charge in [0.2, 0.25) is 0 Å². The summed E-state index contributed by atoms with van der Waals surface area (Å²) < 4.78 is 11.3. The molecule has 0 bridgehead atoms. The zero-order valence-electron chi connectivity index (χ0n) is 10.1. The number of pyridine rings is 1. The summed E-state index contributed by atoms with van der Waals surface area (Å²) in [7, 11) is 0. The molecule has 0 amide bonds. The van der Waals surface area contributed by atoms with E-state index in [2.05, 4.69) is 24.9 Å². The van der Waals surface area contributed by atoms with Gasteiger partial charge in [-0.3, -0.25) is 4.98 Å². The summed E-state index contributed by atoms with van der Waals surface area (Å²) in [6, 6.07) is 6.05. The minimum Gasteiger partial charge on any atom is -0.486 e. The highest BCUT2D eigenvalue weighted by molar-refractivity contribution is 5.92. The predicted octanol–water partition coefficient (Wildman–Crippen LogP) is 3.13. The van der Waals surface area contributed by atoms with Crippen molar-refractivity contribution in [3.63, 3.8) is 0 Å². The van der Waals surface area contributed by atoms with Gasteiger partial charge in [0, 0.05) is 17.0 Å². The minimum atomic E-state index is 0.404. The highest BCUT2D eigenvalue weighted by Gasteiger charge is 2.17. The van der Waals surface area contributed by atoms with E-state index >= 15 is 0 Å². The average molecular weight is 229 g/mol. The smallest absolute Gasteiger partial charge is 0.169 e. The van der Waals surface area contributed by atoms with Crippen LogP contribution in [-0.4, -0.2) is 18.2 Å². The monoisotopic (exact) mass is 229 g/mol. The fraction of sp³-hybridized carbons (Fsp3) is 0.357. The van der Waals surface area contributed by atoms with Gasteiger partial charge in [0.05, 0.1) is 5.69 Å². The highest BCUT2D eigenvalue weighted by atomic mass is 16.6. The number of aromatic nitrogens is 1. The maximum atomic E-state index is 5.72. The summed E-state index contributed by atoms with van der Waals surface area (Å²) in [4.78, 5) is 4.46. The van der Waals surface area contributed by atoms with Crippen LogP contribution in [0.25, 0.3) is 10.8 Å². The lowest BCUT2D eigenvalue weighted by Crippen LogP contribution is -2.15. The topological polar surface area (TPSA) is 31.4 Å². The second kappa shape index (κ2) is 3.91. The molecule has 0 unspecified atom stereocenters. The Morgan fingerprint density at radius 3 is 2.71 bits per heavy atom. The lowest BCUT2D eigenvalue weighted by Gasteiger charge is -2.20. The predicted molar refractivity (Wildman–Crippen MR) is 66.8 cm³/mol.